The van der Waals surface area contributed by atoms with E-state index < -0.39 is 0 Å². The predicted molar refractivity (Wildman–Crippen MR) is 79.1 cm³/mol. The highest BCUT2D eigenvalue weighted by Gasteiger charge is 2.07. The predicted octanol–water partition coefficient (Wildman–Crippen LogP) is 2.82. The Morgan fingerprint density at radius 1 is 1.32 bits per heavy atom. The van der Waals surface area contributed by atoms with Crippen LogP contribution in [-0.4, -0.2) is 17.9 Å². The van der Waals surface area contributed by atoms with E-state index in [2.05, 4.69) is 31.5 Å². The van der Waals surface area contributed by atoms with Crippen LogP contribution in [0.3, 0.4) is 0 Å². The van der Waals surface area contributed by atoms with Gasteiger partial charge in [0.2, 0.25) is 0 Å². The number of hydrogen-bond acceptors (Lipinski definition) is 3. The van der Waals surface area contributed by atoms with Gasteiger partial charge in [0.1, 0.15) is 5.69 Å². The lowest BCUT2D eigenvalue weighted by Crippen LogP contribution is -2.23. The fourth-order valence-corrected chi connectivity index (χ4v) is 2.08. The SMILES string of the molecule is CNc1ccnc(C(=O)NCc2cccc(Br)c2)c1. The van der Waals surface area contributed by atoms with Crippen LogP contribution in [0.1, 0.15) is 16.1 Å². The van der Waals surface area contributed by atoms with E-state index in [1.165, 1.54) is 0 Å². The number of pyridine rings is 1. The highest BCUT2D eigenvalue weighted by atomic mass is 79.9. The molecule has 2 N–H and O–H groups in total. The Labute approximate surface area is 120 Å². The number of carbonyl (C=O) groups excluding carboxylic acids is 1. The molecule has 0 fully saturated rings. The van der Waals surface area contributed by atoms with E-state index in [0.717, 1.165) is 15.7 Å². The van der Waals surface area contributed by atoms with Gasteiger partial charge in [-0.1, -0.05) is 28.1 Å². The van der Waals surface area contributed by atoms with Crippen molar-refractivity contribution in [3.63, 3.8) is 0 Å². The van der Waals surface area contributed by atoms with E-state index in [9.17, 15) is 4.79 Å². The van der Waals surface area contributed by atoms with E-state index >= 15 is 0 Å². The van der Waals surface area contributed by atoms with Gasteiger partial charge in [0.25, 0.3) is 5.91 Å². The quantitative estimate of drug-likeness (QED) is 0.911. The van der Waals surface area contributed by atoms with Gasteiger partial charge in [0.15, 0.2) is 0 Å². The Morgan fingerprint density at radius 2 is 2.16 bits per heavy atom. The summed E-state index contributed by atoms with van der Waals surface area (Å²) in [7, 11) is 1.80. The third-order valence-corrected chi connectivity index (χ3v) is 3.12. The molecule has 0 atom stereocenters. The molecule has 5 heteroatoms. The van der Waals surface area contributed by atoms with Gasteiger partial charge in [-0.05, 0) is 29.8 Å². The van der Waals surface area contributed by atoms with Crippen LogP contribution in [0.15, 0.2) is 47.1 Å². The number of anilines is 1. The Morgan fingerprint density at radius 3 is 2.89 bits per heavy atom. The first kappa shape index (κ1) is 13.5. The van der Waals surface area contributed by atoms with Gasteiger partial charge in [0, 0.05) is 29.9 Å². The van der Waals surface area contributed by atoms with Gasteiger partial charge in [-0.2, -0.15) is 0 Å². The minimum absolute atomic E-state index is 0.183. The van der Waals surface area contributed by atoms with Gasteiger partial charge >= 0.3 is 0 Å². The number of aromatic nitrogens is 1. The minimum atomic E-state index is -0.183. The van der Waals surface area contributed by atoms with Crippen molar-refractivity contribution in [2.75, 3.05) is 12.4 Å². The lowest BCUT2D eigenvalue weighted by atomic mass is 10.2. The zero-order valence-electron chi connectivity index (χ0n) is 10.5. The number of hydrogen-bond donors (Lipinski definition) is 2. The second-order valence-corrected chi connectivity index (χ2v) is 4.91. The largest absolute Gasteiger partial charge is 0.388 e. The first-order valence-electron chi connectivity index (χ1n) is 5.85. The van der Waals surface area contributed by atoms with Crippen LogP contribution in [0.25, 0.3) is 0 Å². The van der Waals surface area contributed by atoms with Gasteiger partial charge < -0.3 is 10.6 Å². The van der Waals surface area contributed by atoms with Crippen molar-refractivity contribution >= 4 is 27.5 Å². The van der Waals surface area contributed by atoms with Crippen molar-refractivity contribution < 1.29 is 4.79 Å². The number of nitrogens with zero attached hydrogens (tertiary/aromatic N) is 1. The highest BCUT2D eigenvalue weighted by Crippen LogP contribution is 2.12. The molecular weight excluding hydrogens is 306 g/mol. The molecule has 2 aromatic rings. The van der Waals surface area contributed by atoms with Crippen molar-refractivity contribution in [1.82, 2.24) is 10.3 Å². The Balaban J connectivity index is 2.01. The number of halogens is 1. The zero-order valence-corrected chi connectivity index (χ0v) is 12.1. The first-order valence-corrected chi connectivity index (χ1v) is 6.65. The maximum atomic E-state index is 12.0. The second-order valence-electron chi connectivity index (χ2n) is 3.99. The molecular formula is C14H14BrN3O. The highest BCUT2D eigenvalue weighted by molar-refractivity contribution is 9.10. The summed E-state index contributed by atoms with van der Waals surface area (Å²) in [5, 5.41) is 5.82. The molecule has 98 valence electrons. The molecule has 1 aromatic heterocycles. The third kappa shape index (κ3) is 3.79. The summed E-state index contributed by atoms with van der Waals surface area (Å²) in [4.78, 5) is 16.0. The number of carbonyl (C=O) groups is 1. The minimum Gasteiger partial charge on any atom is -0.388 e. The molecule has 1 aromatic carbocycles. The van der Waals surface area contributed by atoms with E-state index in [1.807, 2.05) is 30.3 Å². The Bertz CT molecular complexity index is 586. The zero-order chi connectivity index (χ0) is 13.7. The monoisotopic (exact) mass is 319 g/mol. The summed E-state index contributed by atoms with van der Waals surface area (Å²) >= 11 is 3.40. The summed E-state index contributed by atoms with van der Waals surface area (Å²) in [6, 6.07) is 11.3. The number of benzene rings is 1. The summed E-state index contributed by atoms with van der Waals surface area (Å²) < 4.78 is 0.995. The molecule has 0 aliphatic rings. The van der Waals surface area contributed by atoms with Crippen LogP contribution >= 0.6 is 15.9 Å². The normalized spacial score (nSPS) is 10.0. The molecule has 0 aliphatic heterocycles. The fourth-order valence-electron chi connectivity index (χ4n) is 1.63. The summed E-state index contributed by atoms with van der Waals surface area (Å²) in [5.41, 5.74) is 2.30. The molecule has 0 bridgehead atoms. The van der Waals surface area contributed by atoms with Crippen molar-refractivity contribution in [1.29, 1.82) is 0 Å². The molecule has 1 heterocycles. The molecule has 2 rings (SSSR count). The van der Waals surface area contributed by atoms with E-state index in [4.69, 9.17) is 0 Å². The van der Waals surface area contributed by atoms with Crippen LogP contribution in [-0.2, 0) is 6.54 Å². The number of amides is 1. The van der Waals surface area contributed by atoms with Crippen LogP contribution < -0.4 is 10.6 Å². The fraction of sp³-hybridized carbons (Fsp3) is 0.143. The standard InChI is InChI=1S/C14H14BrN3O/c1-16-12-5-6-17-13(8-12)14(19)18-9-10-3-2-4-11(15)7-10/h2-8H,9H2,1H3,(H,16,17)(H,18,19). The smallest absolute Gasteiger partial charge is 0.270 e. The lowest BCUT2D eigenvalue weighted by molar-refractivity contribution is 0.0946. The van der Waals surface area contributed by atoms with Gasteiger partial charge in [0.05, 0.1) is 0 Å². The summed E-state index contributed by atoms with van der Waals surface area (Å²) in [6.07, 6.45) is 1.61. The molecule has 0 saturated heterocycles. The van der Waals surface area contributed by atoms with Crippen LogP contribution in [0.5, 0.6) is 0 Å². The molecule has 0 saturated carbocycles. The number of nitrogens with one attached hydrogen (secondary N) is 2. The van der Waals surface area contributed by atoms with Gasteiger partial charge in [-0.15, -0.1) is 0 Å². The lowest BCUT2D eigenvalue weighted by Gasteiger charge is -2.06. The van der Waals surface area contributed by atoms with Crippen molar-refractivity contribution in [2.45, 2.75) is 6.54 Å². The summed E-state index contributed by atoms with van der Waals surface area (Å²) in [5.74, 6) is -0.183. The van der Waals surface area contributed by atoms with Crippen molar-refractivity contribution in [3.8, 4) is 0 Å². The summed E-state index contributed by atoms with van der Waals surface area (Å²) in [6.45, 7) is 0.476. The third-order valence-electron chi connectivity index (χ3n) is 2.62. The first-order chi connectivity index (χ1) is 9.19. The average Bonchev–Trinajstić information content (AvgIpc) is 2.45. The molecule has 0 aliphatic carbocycles. The van der Waals surface area contributed by atoms with Gasteiger partial charge in [-0.25, -0.2) is 0 Å². The topological polar surface area (TPSA) is 54.0 Å². The van der Waals surface area contributed by atoms with Crippen molar-refractivity contribution in [3.05, 3.63) is 58.3 Å². The van der Waals surface area contributed by atoms with Gasteiger partial charge in [-0.3, -0.25) is 9.78 Å². The van der Waals surface area contributed by atoms with Crippen LogP contribution in [0.2, 0.25) is 0 Å². The van der Waals surface area contributed by atoms with E-state index in [-0.39, 0.29) is 5.91 Å². The molecule has 0 unspecified atom stereocenters. The maximum Gasteiger partial charge on any atom is 0.270 e. The second kappa shape index (κ2) is 6.33. The van der Waals surface area contributed by atoms with Crippen LogP contribution in [0.4, 0.5) is 5.69 Å². The van der Waals surface area contributed by atoms with Crippen molar-refractivity contribution in [2.24, 2.45) is 0 Å². The number of rotatable bonds is 4. The van der Waals surface area contributed by atoms with E-state index in [1.54, 1.807) is 19.3 Å². The Hall–Kier alpha value is -1.88. The molecule has 0 spiro atoms. The Kier molecular flexibility index (Phi) is 4.52. The molecule has 4 nitrogen and oxygen atoms in total. The molecule has 0 radical (unpaired) electrons. The maximum absolute atomic E-state index is 12.0. The van der Waals surface area contributed by atoms with E-state index in [0.29, 0.717) is 12.2 Å². The molecule has 19 heavy (non-hydrogen) atoms. The average molecular weight is 320 g/mol. The van der Waals surface area contributed by atoms with Crippen LogP contribution in [0, 0.1) is 0 Å². The molecule has 1 amide bonds.